The molecule has 20 heavy (non-hydrogen) atoms. The first-order valence-electron chi connectivity index (χ1n) is 7.95. The van der Waals surface area contributed by atoms with E-state index < -0.39 is 0 Å². The van der Waals surface area contributed by atoms with Gasteiger partial charge in [0.05, 0.1) is 0 Å². The van der Waals surface area contributed by atoms with Crippen LogP contribution in [-0.4, -0.2) is 23.6 Å². The van der Waals surface area contributed by atoms with Crippen LogP contribution in [0.4, 0.5) is 5.82 Å². The van der Waals surface area contributed by atoms with Gasteiger partial charge in [-0.1, -0.05) is 19.9 Å². The van der Waals surface area contributed by atoms with E-state index >= 15 is 0 Å². The number of anilines is 1. The fourth-order valence-electron chi connectivity index (χ4n) is 2.65. The molecule has 0 saturated heterocycles. The topological polar surface area (TPSA) is 42.1 Å². The summed E-state index contributed by atoms with van der Waals surface area (Å²) in [6.45, 7) is 9.93. The standard InChI is InChI=1S/C17H29N3/c1-12(2)7-8-20(16-5-6-16)17-13(3)9-15(11-19-17)10-14(4)18/h9,11-12,14,16H,5-8,10,18H2,1-4H3. The van der Waals surface area contributed by atoms with Gasteiger partial charge in [-0.2, -0.15) is 0 Å². The molecule has 0 aromatic carbocycles. The normalized spacial score (nSPS) is 16.5. The van der Waals surface area contributed by atoms with Gasteiger partial charge in [0.2, 0.25) is 0 Å². The van der Waals surface area contributed by atoms with Gasteiger partial charge in [0.25, 0.3) is 0 Å². The van der Waals surface area contributed by atoms with Crippen LogP contribution in [0.2, 0.25) is 0 Å². The average molecular weight is 275 g/mol. The number of rotatable bonds is 7. The van der Waals surface area contributed by atoms with Crippen LogP contribution < -0.4 is 10.6 Å². The van der Waals surface area contributed by atoms with Crippen molar-refractivity contribution in [2.45, 2.75) is 65.5 Å². The van der Waals surface area contributed by atoms with Gasteiger partial charge in [0.1, 0.15) is 5.82 Å². The molecule has 1 unspecified atom stereocenters. The number of hydrogen-bond donors (Lipinski definition) is 1. The minimum Gasteiger partial charge on any atom is -0.353 e. The largest absolute Gasteiger partial charge is 0.353 e. The fourth-order valence-corrected chi connectivity index (χ4v) is 2.65. The zero-order chi connectivity index (χ0) is 14.7. The molecule has 0 radical (unpaired) electrons. The summed E-state index contributed by atoms with van der Waals surface area (Å²) in [4.78, 5) is 7.26. The van der Waals surface area contributed by atoms with E-state index in [0.29, 0.717) is 0 Å². The summed E-state index contributed by atoms with van der Waals surface area (Å²) in [7, 11) is 0. The summed E-state index contributed by atoms with van der Waals surface area (Å²) in [5, 5.41) is 0. The second-order valence-electron chi connectivity index (χ2n) is 6.77. The molecule has 1 atom stereocenters. The highest BCUT2D eigenvalue weighted by molar-refractivity contribution is 5.49. The van der Waals surface area contributed by atoms with Gasteiger partial charge in [-0.25, -0.2) is 4.98 Å². The minimum absolute atomic E-state index is 0.197. The molecule has 1 aliphatic rings. The van der Waals surface area contributed by atoms with Crippen molar-refractivity contribution in [1.29, 1.82) is 0 Å². The molecule has 1 fully saturated rings. The number of aryl methyl sites for hydroxylation is 1. The van der Waals surface area contributed by atoms with Gasteiger partial charge >= 0.3 is 0 Å². The van der Waals surface area contributed by atoms with E-state index in [0.717, 1.165) is 24.9 Å². The van der Waals surface area contributed by atoms with E-state index in [9.17, 15) is 0 Å². The predicted molar refractivity (Wildman–Crippen MR) is 86.2 cm³/mol. The maximum atomic E-state index is 5.87. The molecule has 1 aliphatic carbocycles. The maximum absolute atomic E-state index is 5.87. The van der Waals surface area contributed by atoms with Gasteiger partial charge in [-0.3, -0.25) is 0 Å². The molecular weight excluding hydrogens is 246 g/mol. The summed E-state index contributed by atoms with van der Waals surface area (Å²) in [6, 6.07) is 3.18. The highest BCUT2D eigenvalue weighted by Crippen LogP contribution is 2.33. The monoisotopic (exact) mass is 275 g/mol. The van der Waals surface area contributed by atoms with Crippen LogP contribution >= 0.6 is 0 Å². The van der Waals surface area contributed by atoms with Gasteiger partial charge in [0.15, 0.2) is 0 Å². The molecule has 2 rings (SSSR count). The summed E-state index contributed by atoms with van der Waals surface area (Å²) < 4.78 is 0. The summed E-state index contributed by atoms with van der Waals surface area (Å²) in [5.41, 5.74) is 8.41. The third-order valence-electron chi connectivity index (χ3n) is 3.87. The Bertz CT molecular complexity index is 436. The smallest absolute Gasteiger partial charge is 0.131 e. The quantitative estimate of drug-likeness (QED) is 0.830. The van der Waals surface area contributed by atoms with Gasteiger partial charge in [0, 0.05) is 24.8 Å². The van der Waals surface area contributed by atoms with Gasteiger partial charge < -0.3 is 10.6 Å². The van der Waals surface area contributed by atoms with Crippen molar-refractivity contribution in [1.82, 2.24) is 4.98 Å². The number of pyridine rings is 1. The Morgan fingerprint density at radius 3 is 2.55 bits per heavy atom. The van der Waals surface area contributed by atoms with Crippen LogP contribution in [-0.2, 0) is 6.42 Å². The Morgan fingerprint density at radius 1 is 1.35 bits per heavy atom. The molecule has 0 aliphatic heterocycles. The molecule has 3 nitrogen and oxygen atoms in total. The van der Waals surface area contributed by atoms with Gasteiger partial charge in [-0.05, 0) is 56.6 Å². The van der Waals surface area contributed by atoms with Crippen LogP contribution in [0.3, 0.4) is 0 Å². The molecule has 0 spiro atoms. The average Bonchev–Trinajstić information content (AvgIpc) is 3.15. The highest BCUT2D eigenvalue weighted by atomic mass is 15.2. The second-order valence-corrected chi connectivity index (χ2v) is 6.77. The van der Waals surface area contributed by atoms with E-state index in [-0.39, 0.29) is 6.04 Å². The SMILES string of the molecule is Cc1cc(CC(C)N)cnc1N(CCC(C)C)C1CC1. The van der Waals surface area contributed by atoms with E-state index in [1.807, 2.05) is 13.1 Å². The van der Waals surface area contributed by atoms with Crippen molar-refractivity contribution in [3.05, 3.63) is 23.4 Å². The number of hydrogen-bond acceptors (Lipinski definition) is 3. The maximum Gasteiger partial charge on any atom is 0.131 e. The summed E-state index contributed by atoms with van der Waals surface area (Å²) in [5.74, 6) is 1.93. The first kappa shape index (κ1) is 15.3. The Morgan fingerprint density at radius 2 is 2.05 bits per heavy atom. The van der Waals surface area contributed by atoms with Crippen molar-refractivity contribution in [3.63, 3.8) is 0 Å². The van der Waals surface area contributed by atoms with Crippen molar-refractivity contribution < 1.29 is 0 Å². The lowest BCUT2D eigenvalue weighted by atomic mass is 10.1. The van der Waals surface area contributed by atoms with Crippen LogP contribution in [0.1, 0.15) is 51.2 Å². The molecule has 1 aromatic heterocycles. The third kappa shape index (κ3) is 4.20. The zero-order valence-corrected chi connectivity index (χ0v) is 13.4. The molecule has 112 valence electrons. The van der Waals surface area contributed by atoms with Crippen LogP contribution in [0.5, 0.6) is 0 Å². The van der Waals surface area contributed by atoms with Crippen molar-refractivity contribution in [2.75, 3.05) is 11.4 Å². The molecule has 0 bridgehead atoms. The van der Waals surface area contributed by atoms with Crippen molar-refractivity contribution in [3.8, 4) is 0 Å². The first-order chi connectivity index (χ1) is 9.47. The zero-order valence-electron chi connectivity index (χ0n) is 13.4. The second kappa shape index (κ2) is 6.57. The Balaban J connectivity index is 2.12. The van der Waals surface area contributed by atoms with E-state index in [1.54, 1.807) is 0 Å². The number of nitrogens with zero attached hydrogens (tertiary/aromatic N) is 2. The fraction of sp³-hybridized carbons (Fsp3) is 0.706. The van der Waals surface area contributed by atoms with Crippen LogP contribution in [0, 0.1) is 12.8 Å². The molecule has 3 heteroatoms. The number of aromatic nitrogens is 1. The Labute approximate surface area is 123 Å². The van der Waals surface area contributed by atoms with Crippen molar-refractivity contribution >= 4 is 5.82 Å². The van der Waals surface area contributed by atoms with E-state index in [1.165, 1.54) is 36.2 Å². The van der Waals surface area contributed by atoms with Crippen molar-refractivity contribution in [2.24, 2.45) is 11.7 Å². The van der Waals surface area contributed by atoms with Crippen LogP contribution in [0.25, 0.3) is 0 Å². The molecule has 2 N–H and O–H groups in total. The first-order valence-corrected chi connectivity index (χ1v) is 7.95. The van der Waals surface area contributed by atoms with Gasteiger partial charge in [-0.15, -0.1) is 0 Å². The molecule has 1 aromatic rings. The summed E-state index contributed by atoms with van der Waals surface area (Å²) >= 11 is 0. The molecule has 0 amide bonds. The lowest BCUT2D eigenvalue weighted by molar-refractivity contribution is 0.568. The number of nitrogens with two attached hydrogens (primary N) is 1. The lowest BCUT2D eigenvalue weighted by Crippen LogP contribution is -2.29. The highest BCUT2D eigenvalue weighted by Gasteiger charge is 2.30. The Kier molecular flexibility index (Phi) is 5.03. The Hall–Kier alpha value is -1.09. The molecular formula is C17H29N3. The van der Waals surface area contributed by atoms with E-state index in [2.05, 4.69) is 31.7 Å². The molecule has 1 saturated carbocycles. The third-order valence-corrected chi connectivity index (χ3v) is 3.87. The minimum atomic E-state index is 0.197. The molecule has 1 heterocycles. The lowest BCUT2D eigenvalue weighted by Gasteiger charge is -2.26. The predicted octanol–water partition coefficient (Wildman–Crippen LogP) is 3.29. The summed E-state index contributed by atoms with van der Waals surface area (Å²) in [6.07, 6.45) is 6.79. The van der Waals surface area contributed by atoms with E-state index in [4.69, 9.17) is 10.7 Å². The van der Waals surface area contributed by atoms with Crippen LogP contribution in [0.15, 0.2) is 12.3 Å².